The summed E-state index contributed by atoms with van der Waals surface area (Å²) in [5.41, 5.74) is 7.19. The van der Waals surface area contributed by atoms with Gasteiger partial charge in [0.05, 0.1) is 50.1 Å². The fraction of sp³-hybridized carbons (Fsp3) is 0.195. The van der Waals surface area contributed by atoms with Crippen molar-refractivity contribution in [1.82, 2.24) is 4.90 Å². The third-order valence-corrected chi connectivity index (χ3v) is 8.09. The summed E-state index contributed by atoms with van der Waals surface area (Å²) in [4.78, 5) is 9.07. The summed E-state index contributed by atoms with van der Waals surface area (Å²) >= 11 is 0. The number of nitriles is 3. The van der Waals surface area contributed by atoms with Gasteiger partial charge in [0.2, 0.25) is 0 Å². The lowest BCUT2D eigenvalue weighted by atomic mass is 9.95. The van der Waals surface area contributed by atoms with E-state index in [0.717, 1.165) is 40.8 Å². The van der Waals surface area contributed by atoms with E-state index in [1.165, 1.54) is 0 Å². The van der Waals surface area contributed by atoms with Crippen LogP contribution in [0.3, 0.4) is 0 Å². The molecule has 1 aliphatic carbocycles. The summed E-state index contributed by atoms with van der Waals surface area (Å²) < 4.78 is 5.61. The maximum Gasteiger partial charge on any atom is 0.270 e. The quantitative estimate of drug-likeness (QED) is 0.119. The van der Waals surface area contributed by atoms with Crippen molar-refractivity contribution in [3.63, 3.8) is 0 Å². The minimum atomic E-state index is -0.150. The monoisotopic (exact) mass is 638 g/mol. The lowest BCUT2D eigenvalue weighted by molar-refractivity contribution is 0.0547. The molecule has 0 N–H and O–H groups in total. The summed E-state index contributed by atoms with van der Waals surface area (Å²) in [5, 5.41) is 39.5. The van der Waals surface area contributed by atoms with E-state index in [2.05, 4.69) is 26.5 Å². The molecule has 2 aliphatic rings. The molecule has 8 heteroatoms. The van der Waals surface area contributed by atoms with Crippen LogP contribution in [0.4, 0.5) is 0 Å². The van der Waals surface area contributed by atoms with Gasteiger partial charge in [-0.3, -0.25) is 5.87 Å². The molecule has 0 saturated carbocycles. The number of rotatable bonds is 9. The predicted octanol–water partition coefficient (Wildman–Crippen LogP) is 8.35. The van der Waals surface area contributed by atoms with Crippen LogP contribution in [0.2, 0.25) is 0 Å². The van der Waals surface area contributed by atoms with Crippen LogP contribution in [0.5, 0.6) is 0 Å². The molecule has 0 unspecified atom stereocenters. The van der Waals surface area contributed by atoms with Gasteiger partial charge in [-0.15, -0.1) is 0 Å². The van der Waals surface area contributed by atoms with E-state index in [1.807, 2.05) is 62.4 Å². The molecule has 238 valence electrons. The molecule has 0 amide bonds. The molecule has 0 aromatic heterocycles. The summed E-state index contributed by atoms with van der Waals surface area (Å²) in [7, 11) is 0. The molecule has 1 fully saturated rings. The Hall–Kier alpha value is -6.72. The number of ether oxygens (including phenoxy) is 1. The van der Waals surface area contributed by atoms with Gasteiger partial charge >= 0.3 is 0 Å². The Morgan fingerprint density at radius 2 is 1.39 bits per heavy atom. The highest BCUT2D eigenvalue weighted by Gasteiger charge is 2.24. The van der Waals surface area contributed by atoms with Crippen LogP contribution in [-0.4, -0.2) is 37.1 Å². The average Bonchev–Trinajstić information content (AvgIpc) is 3.54. The highest BCUT2D eigenvalue weighted by molar-refractivity contribution is 5.95. The SMILES string of the molecule is [C-]#[N+]C(C#N)=C(C(=C=[N-])/C=C/C=C1CCC(/C=C/C=C(C#N)/C(=C(\C#N)[N+]#[C-])c2ccc(C)cc2)=C1N1CCOCC1)c1ccc(C)cc1. The van der Waals surface area contributed by atoms with Crippen LogP contribution < -0.4 is 0 Å². The van der Waals surface area contributed by atoms with Crippen molar-refractivity contribution in [3.8, 4) is 18.2 Å². The van der Waals surface area contributed by atoms with E-state index in [1.54, 1.807) is 48.6 Å². The molecule has 1 saturated heterocycles. The molecule has 0 spiro atoms. The van der Waals surface area contributed by atoms with Gasteiger partial charge in [0, 0.05) is 29.9 Å². The topological polar surface area (TPSA) is 115 Å². The third-order valence-electron chi connectivity index (χ3n) is 8.09. The molecule has 2 aromatic carbocycles. The average molecular weight is 639 g/mol. The second-order valence-corrected chi connectivity index (χ2v) is 11.2. The molecular weight excluding hydrogens is 606 g/mol. The standard InChI is InChI=1S/C41H32N7O/c1-29-11-15-31(16-12-29)39(37(27-44)46-3)35(25-42)9-5-7-33-19-20-34(41(33)48-21-23-49-24-22-48)8-6-10-36(26-43)40(38(28-45)47-4)32-17-13-30(2)14-18-32/h5-18H,19-24H2,1-2H3/q-1/b7-5+,10-6+,34-8?,35-9+,39-37+,40-38?. The first-order valence-electron chi connectivity index (χ1n) is 15.6. The van der Waals surface area contributed by atoms with Crippen LogP contribution in [-0.2, 0) is 4.74 Å². The van der Waals surface area contributed by atoms with Crippen molar-refractivity contribution in [2.24, 2.45) is 0 Å². The van der Waals surface area contributed by atoms with Gasteiger partial charge in [-0.05, 0) is 66.7 Å². The van der Waals surface area contributed by atoms with Crippen LogP contribution >= 0.6 is 0 Å². The molecule has 0 bridgehead atoms. The van der Waals surface area contributed by atoms with Crippen molar-refractivity contribution in [3.05, 3.63) is 175 Å². The van der Waals surface area contributed by atoms with Gasteiger partial charge in [-0.2, -0.15) is 5.26 Å². The van der Waals surface area contributed by atoms with Gasteiger partial charge in [-0.25, -0.2) is 20.2 Å². The van der Waals surface area contributed by atoms with Crippen molar-refractivity contribution < 1.29 is 4.74 Å². The van der Waals surface area contributed by atoms with Gasteiger partial charge in [0.15, 0.2) is 0 Å². The minimum absolute atomic E-state index is 0.150. The fourth-order valence-electron chi connectivity index (χ4n) is 5.66. The van der Waals surface area contributed by atoms with Crippen molar-refractivity contribution >= 4 is 17.0 Å². The number of hydrogen-bond acceptors (Lipinski definition) is 5. The first-order chi connectivity index (χ1) is 23.9. The summed E-state index contributed by atoms with van der Waals surface area (Å²) in [6.07, 6.45) is 12.3. The van der Waals surface area contributed by atoms with Crippen LogP contribution in [0.15, 0.2) is 124 Å². The Morgan fingerprint density at radius 1 is 0.816 bits per heavy atom. The van der Waals surface area contributed by atoms with E-state index in [0.29, 0.717) is 48.6 Å². The number of allylic oxidation sites excluding steroid dienone is 14. The second kappa shape index (κ2) is 17.3. The molecule has 8 nitrogen and oxygen atoms in total. The first-order valence-corrected chi connectivity index (χ1v) is 15.6. The summed E-state index contributed by atoms with van der Waals surface area (Å²) in [6, 6.07) is 20.8. The smallest absolute Gasteiger partial charge is 0.270 e. The molecular formula is C41H32N7O-. The molecule has 0 atom stereocenters. The predicted molar refractivity (Wildman–Crippen MR) is 191 cm³/mol. The van der Waals surface area contributed by atoms with Crippen LogP contribution in [0, 0.1) is 61.0 Å². The zero-order valence-corrected chi connectivity index (χ0v) is 27.4. The van der Waals surface area contributed by atoms with Crippen molar-refractivity contribution in [2.45, 2.75) is 26.7 Å². The number of aryl methyl sites for hydroxylation is 2. The first kappa shape index (κ1) is 35.1. The van der Waals surface area contributed by atoms with E-state index in [9.17, 15) is 21.2 Å². The molecule has 1 heterocycles. The van der Waals surface area contributed by atoms with Gasteiger partial charge in [0.25, 0.3) is 11.4 Å². The third kappa shape index (κ3) is 8.56. The normalized spacial score (nSPS) is 16.6. The van der Waals surface area contributed by atoms with Crippen LogP contribution in [0.1, 0.15) is 35.1 Å². The molecule has 4 rings (SSSR count). The van der Waals surface area contributed by atoms with Crippen molar-refractivity contribution in [1.29, 1.82) is 15.8 Å². The Morgan fingerprint density at radius 3 is 1.92 bits per heavy atom. The largest absolute Gasteiger partial charge is 0.763 e. The molecule has 2 aromatic rings. The Bertz CT molecular complexity index is 2060. The van der Waals surface area contributed by atoms with Crippen LogP contribution in [0.25, 0.3) is 26.2 Å². The van der Waals surface area contributed by atoms with E-state index in [4.69, 9.17) is 17.9 Å². The number of nitrogens with zero attached hydrogens (tertiary/aromatic N) is 7. The maximum absolute atomic E-state index is 10.1. The zero-order valence-electron chi connectivity index (χ0n) is 27.4. The Balaban J connectivity index is 1.73. The van der Waals surface area contributed by atoms with Gasteiger partial charge < -0.3 is 15.0 Å². The highest BCUT2D eigenvalue weighted by atomic mass is 16.5. The minimum Gasteiger partial charge on any atom is -0.763 e. The highest BCUT2D eigenvalue weighted by Crippen LogP contribution is 2.36. The van der Waals surface area contributed by atoms with Gasteiger partial charge in [-0.1, -0.05) is 84.0 Å². The number of benzene rings is 2. The second-order valence-electron chi connectivity index (χ2n) is 11.2. The van der Waals surface area contributed by atoms with E-state index >= 15 is 0 Å². The zero-order chi connectivity index (χ0) is 35.2. The number of morpholine rings is 1. The lowest BCUT2D eigenvalue weighted by Gasteiger charge is -2.31. The van der Waals surface area contributed by atoms with Gasteiger partial charge in [0.1, 0.15) is 0 Å². The maximum atomic E-state index is 10.1. The number of hydrogen-bond donors (Lipinski definition) is 0. The summed E-state index contributed by atoms with van der Waals surface area (Å²) in [6.45, 7) is 21.6. The Kier molecular flexibility index (Phi) is 12.4. The molecule has 1 aliphatic heterocycles. The van der Waals surface area contributed by atoms with E-state index in [-0.39, 0.29) is 22.5 Å². The summed E-state index contributed by atoms with van der Waals surface area (Å²) in [5.74, 6) is 2.18. The van der Waals surface area contributed by atoms with Crippen molar-refractivity contribution in [2.75, 3.05) is 26.3 Å². The fourth-order valence-corrected chi connectivity index (χ4v) is 5.66. The lowest BCUT2D eigenvalue weighted by Crippen LogP contribution is -2.36. The van der Waals surface area contributed by atoms with E-state index < -0.39 is 0 Å². The Labute approximate surface area is 287 Å². The molecule has 49 heavy (non-hydrogen) atoms. The molecule has 0 radical (unpaired) electrons.